The Morgan fingerprint density at radius 2 is 1.77 bits per heavy atom. The molecule has 0 saturated heterocycles. The number of benzene rings is 1. The van der Waals surface area contributed by atoms with Crippen molar-refractivity contribution in [2.75, 3.05) is 0 Å². The van der Waals surface area contributed by atoms with E-state index in [1.54, 1.807) is 11.6 Å². The summed E-state index contributed by atoms with van der Waals surface area (Å²) in [6.07, 6.45) is 4.77. The van der Waals surface area contributed by atoms with Crippen molar-refractivity contribution in [3.63, 3.8) is 0 Å². The molecule has 1 heterocycles. The highest BCUT2D eigenvalue weighted by atomic mass is 16.4. The SMILES string of the molecule is CCCCCCC(C(=O)O)c1cc(C)c(C(=O)c2ccccc2C)n1C. The molecule has 2 aromatic rings. The Morgan fingerprint density at radius 1 is 1.08 bits per heavy atom. The van der Waals surface area contributed by atoms with E-state index in [0.29, 0.717) is 23.4 Å². The Morgan fingerprint density at radius 3 is 2.38 bits per heavy atom. The van der Waals surface area contributed by atoms with Crippen molar-refractivity contribution in [2.24, 2.45) is 7.05 Å². The molecule has 0 saturated carbocycles. The summed E-state index contributed by atoms with van der Waals surface area (Å²) in [7, 11) is 1.80. The zero-order valence-electron chi connectivity index (χ0n) is 16.2. The molecule has 0 aliphatic heterocycles. The molecule has 0 radical (unpaired) electrons. The summed E-state index contributed by atoms with van der Waals surface area (Å²) in [6, 6.07) is 9.37. The average Bonchev–Trinajstić information content (AvgIpc) is 2.88. The third-order valence-electron chi connectivity index (χ3n) is 5.07. The van der Waals surface area contributed by atoms with E-state index in [1.807, 2.05) is 44.2 Å². The van der Waals surface area contributed by atoms with Crippen LogP contribution in [0.15, 0.2) is 30.3 Å². The summed E-state index contributed by atoms with van der Waals surface area (Å²) in [6.45, 7) is 5.93. The van der Waals surface area contributed by atoms with Gasteiger partial charge in [0.25, 0.3) is 0 Å². The second kappa shape index (κ2) is 8.84. The normalized spacial score (nSPS) is 12.2. The van der Waals surface area contributed by atoms with E-state index >= 15 is 0 Å². The lowest BCUT2D eigenvalue weighted by atomic mass is 9.97. The molecule has 0 amide bonds. The van der Waals surface area contributed by atoms with Gasteiger partial charge in [0.05, 0.1) is 11.6 Å². The van der Waals surface area contributed by atoms with Crippen LogP contribution in [0.1, 0.15) is 77.8 Å². The second-order valence-electron chi connectivity index (χ2n) is 7.04. The molecule has 0 aliphatic carbocycles. The molecule has 1 atom stereocenters. The number of carbonyl (C=O) groups is 2. The zero-order chi connectivity index (χ0) is 19.3. The van der Waals surface area contributed by atoms with Gasteiger partial charge in [0, 0.05) is 18.3 Å². The maximum atomic E-state index is 13.0. The molecular formula is C22H29NO3. The third-order valence-corrected chi connectivity index (χ3v) is 5.07. The summed E-state index contributed by atoms with van der Waals surface area (Å²) in [5.41, 5.74) is 3.71. The monoisotopic (exact) mass is 355 g/mol. The number of unbranched alkanes of at least 4 members (excludes halogenated alkanes) is 3. The Bertz CT molecular complexity index is 789. The van der Waals surface area contributed by atoms with Crippen molar-refractivity contribution in [2.45, 2.75) is 58.8 Å². The summed E-state index contributed by atoms with van der Waals surface area (Å²) in [5, 5.41) is 9.71. The zero-order valence-corrected chi connectivity index (χ0v) is 16.2. The quantitative estimate of drug-likeness (QED) is 0.508. The van der Waals surface area contributed by atoms with Crippen LogP contribution in [-0.4, -0.2) is 21.4 Å². The molecule has 0 bridgehead atoms. The first-order chi connectivity index (χ1) is 12.4. The van der Waals surface area contributed by atoms with Crippen LogP contribution < -0.4 is 0 Å². The van der Waals surface area contributed by atoms with E-state index in [4.69, 9.17) is 0 Å². The number of aryl methyl sites for hydroxylation is 2. The van der Waals surface area contributed by atoms with Gasteiger partial charge in [-0.3, -0.25) is 9.59 Å². The van der Waals surface area contributed by atoms with Gasteiger partial charge in [0.2, 0.25) is 5.78 Å². The Hall–Kier alpha value is -2.36. The van der Waals surface area contributed by atoms with Gasteiger partial charge in [-0.15, -0.1) is 0 Å². The number of carbonyl (C=O) groups excluding carboxylic acids is 1. The number of hydrogen-bond donors (Lipinski definition) is 1. The third kappa shape index (κ3) is 4.24. The van der Waals surface area contributed by atoms with Crippen LogP contribution in [0.25, 0.3) is 0 Å². The van der Waals surface area contributed by atoms with Crippen LogP contribution in [0.5, 0.6) is 0 Å². The number of carboxylic acid groups (broad SMARTS) is 1. The Balaban J connectivity index is 2.34. The fraction of sp³-hybridized carbons (Fsp3) is 0.455. The van der Waals surface area contributed by atoms with Crippen molar-refractivity contribution in [1.82, 2.24) is 4.57 Å². The van der Waals surface area contributed by atoms with Crippen molar-refractivity contribution < 1.29 is 14.7 Å². The van der Waals surface area contributed by atoms with Crippen LogP contribution >= 0.6 is 0 Å². The first-order valence-corrected chi connectivity index (χ1v) is 9.37. The highest BCUT2D eigenvalue weighted by molar-refractivity contribution is 6.10. The van der Waals surface area contributed by atoms with Gasteiger partial charge in [-0.25, -0.2) is 0 Å². The van der Waals surface area contributed by atoms with E-state index < -0.39 is 11.9 Å². The fourth-order valence-corrected chi connectivity index (χ4v) is 3.57. The maximum Gasteiger partial charge on any atom is 0.312 e. The lowest BCUT2D eigenvalue weighted by Gasteiger charge is -2.15. The molecule has 26 heavy (non-hydrogen) atoms. The summed E-state index contributed by atoms with van der Waals surface area (Å²) < 4.78 is 1.78. The number of nitrogens with zero attached hydrogens (tertiary/aromatic N) is 1. The molecule has 1 N–H and O–H groups in total. The molecule has 1 aromatic heterocycles. The minimum absolute atomic E-state index is 0.0514. The Labute approximate surface area is 155 Å². The smallest absolute Gasteiger partial charge is 0.312 e. The second-order valence-corrected chi connectivity index (χ2v) is 7.04. The van der Waals surface area contributed by atoms with Crippen LogP contribution in [0.3, 0.4) is 0 Å². The van der Waals surface area contributed by atoms with Gasteiger partial charge < -0.3 is 9.67 Å². The minimum Gasteiger partial charge on any atom is -0.481 e. The molecule has 4 nitrogen and oxygen atoms in total. The van der Waals surface area contributed by atoms with Gasteiger partial charge in [0.15, 0.2) is 0 Å². The number of rotatable bonds is 9. The average molecular weight is 355 g/mol. The van der Waals surface area contributed by atoms with Crippen molar-refractivity contribution in [1.29, 1.82) is 0 Å². The molecule has 0 aliphatic rings. The van der Waals surface area contributed by atoms with Crippen LogP contribution in [0, 0.1) is 13.8 Å². The van der Waals surface area contributed by atoms with E-state index in [2.05, 4.69) is 6.92 Å². The molecule has 1 aromatic carbocycles. The lowest BCUT2D eigenvalue weighted by molar-refractivity contribution is -0.139. The number of aromatic nitrogens is 1. The van der Waals surface area contributed by atoms with Gasteiger partial charge in [-0.05, 0) is 37.5 Å². The minimum atomic E-state index is -0.822. The van der Waals surface area contributed by atoms with Crippen molar-refractivity contribution >= 4 is 11.8 Å². The summed E-state index contributed by atoms with van der Waals surface area (Å²) in [4.78, 5) is 24.9. The van der Waals surface area contributed by atoms with E-state index in [-0.39, 0.29) is 5.78 Å². The summed E-state index contributed by atoms with van der Waals surface area (Å²) in [5.74, 6) is -1.45. The van der Waals surface area contributed by atoms with E-state index in [1.165, 1.54) is 0 Å². The van der Waals surface area contributed by atoms with Gasteiger partial charge in [-0.2, -0.15) is 0 Å². The topological polar surface area (TPSA) is 59.3 Å². The van der Waals surface area contributed by atoms with E-state index in [0.717, 1.165) is 36.8 Å². The van der Waals surface area contributed by atoms with Gasteiger partial charge in [-0.1, -0.05) is 56.9 Å². The van der Waals surface area contributed by atoms with E-state index in [9.17, 15) is 14.7 Å². The highest BCUT2D eigenvalue weighted by Gasteiger charge is 2.27. The van der Waals surface area contributed by atoms with Crippen LogP contribution in [0.4, 0.5) is 0 Å². The van der Waals surface area contributed by atoms with Gasteiger partial charge >= 0.3 is 5.97 Å². The molecule has 0 fully saturated rings. The van der Waals surface area contributed by atoms with Gasteiger partial charge in [0.1, 0.15) is 0 Å². The van der Waals surface area contributed by atoms with Crippen molar-refractivity contribution in [3.8, 4) is 0 Å². The molecule has 2 rings (SSSR count). The molecule has 0 spiro atoms. The summed E-state index contributed by atoms with van der Waals surface area (Å²) >= 11 is 0. The largest absolute Gasteiger partial charge is 0.481 e. The molecular weight excluding hydrogens is 326 g/mol. The predicted octanol–water partition coefficient (Wildman–Crippen LogP) is 5.01. The highest BCUT2D eigenvalue weighted by Crippen LogP contribution is 2.28. The molecule has 140 valence electrons. The number of hydrogen-bond acceptors (Lipinski definition) is 2. The standard InChI is InChI=1S/C22H29NO3/c1-5-6-7-8-13-18(22(25)26)19-14-16(3)20(23(19)4)21(24)17-12-10-9-11-15(17)2/h9-12,14,18H,5-8,13H2,1-4H3,(H,25,26). The number of carboxylic acids is 1. The Kier molecular flexibility index (Phi) is 6.78. The maximum absolute atomic E-state index is 13.0. The van der Waals surface area contributed by atoms with Crippen LogP contribution in [-0.2, 0) is 11.8 Å². The molecule has 4 heteroatoms. The lowest BCUT2D eigenvalue weighted by Crippen LogP contribution is -2.17. The molecule has 1 unspecified atom stereocenters. The number of ketones is 1. The van der Waals surface area contributed by atoms with Crippen molar-refractivity contribution in [3.05, 3.63) is 58.4 Å². The number of aliphatic carboxylic acids is 1. The predicted molar refractivity (Wildman–Crippen MR) is 104 cm³/mol. The van der Waals surface area contributed by atoms with Crippen LogP contribution in [0.2, 0.25) is 0 Å². The first kappa shape index (κ1) is 20.0. The first-order valence-electron chi connectivity index (χ1n) is 9.37. The fourth-order valence-electron chi connectivity index (χ4n) is 3.57.